The fourth-order valence-electron chi connectivity index (χ4n) is 3.59. The van der Waals surface area contributed by atoms with Gasteiger partial charge in [0.2, 0.25) is 0 Å². The third-order valence-electron chi connectivity index (χ3n) is 4.93. The number of fused-ring (bicyclic) bond motifs is 1. The molecule has 0 aliphatic heterocycles. The number of para-hydroxylation sites is 1. The van der Waals surface area contributed by atoms with Crippen LogP contribution in [0.4, 0.5) is 0 Å². The zero-order valence-electron chi connectivity index (χ0n) is 16.1. The maximum absolute atomic E-state index is 12.1. The van der Waals surface area contributed by atoms with Gasteiger partial charge in [-0.05, 0) is 74.3 Å². The molecule has 1 aliphatic carbocycles. The summed E-state index contributed by atoms with van der Waals surface area (Å²) in [4.78, 5) is 12.1. The number of benzene rings is 2. The molecule has 2 aromatic carbocycles. The van der Waals surface area contributed by atoms with Gasteiger partial charge in [0.05, 0.1) is 6.61 Å². The number of aryl methyl sites for hydroxylation is 2. The van der Waals surface area contributed by atoms with Crippen molar-refractivity contribution in [3.63, 3.8) is 0 Å². The van der Waals surface area contributed by atoms with Crippen LogP contribution >= 0.6 is 0 Å². The molecule has 0 unspecified atom stereocenters. The Balaban J connectivity index is 1.41. The lowest BCUT2D eigenvalue weighted by Gasteiger charge is -2.19. The zero-order valence-corrected chi connectivity index (χ0v) is 16.1. The number of hydrogen-bond donors (Lipinski definition) is 1. The van der Waals surface area contributed by atoms with Crippen molar-refractivity contribution in [1.82, 2.24) is 5.32 Å². The highest BCUT2D eigenvalue weighted by Gasteiger charge is 2.14. The van der Waals surface area contributed by atoms with Gasteiger partial charge in [-0.1, -0.05) is 30.3 Å². The third kappa shape index (κ3) is 5.49. The molecular formula is C23H29NO3. The molecule has 1 N–H and O–H groups in total. The lowest BCUT2D eigenvalue weighted by molar-refractivity contribution is -0.123. The Morgan fingerprint density at radius 2 is 1.81 bits per heavy atom. The van der Waals surface area contributed by atoms with E-state index < -0.39 is 0 Å². The first-order valence-corrected chi connectivity index (χ1v) is 9.99. The Kier molecular flexibility index (Phi) is 7.14. The van der Waals surface area contributed by atoms with E-state index in [9.17, 15) is 4.79 Å². The van der Waals surface area contributed by atoms with Gasteiger partial charge in [-0.2, -0.15) is 0 Å². The SMILES string of the molecule is CCOc1ccccc1CCCNC(=O)COc1cccc2c1CCCC2. The Morgan fingerprint density at radius 3 is 2.70 bits per heavy atom. The minimum atomic E-state index is -0.0681. The van der Waals surface area contributed by atoms with E-state index in [2.05, 4.69) is 17.4 Å². The summed E-state index contributed by atoms with van der Waals surface area (Å²) < 4.78 is 11.4. The summed E-state index contributed by atoms with van der Waals surface area (Å²) in [5.41, 5.74) is 3.83. The standard InChI is InChI=1S/C23H29NO3/c1-2-26-21-14-6-4-10-19(21)12-8-16-24-23(25)17-27-22-15-7-11-18-9-3-5-13-20(18)22/h4,6-7,10-11,14-15H,2-3,5,8-9,12-13,16-17H2,1H3,(H,24,25). The summed E-state index contributed by atoms with van der Waals surface area (Å²) in [6, 6.07) is 14.2. The highest BCUT2D eigenvalue weighted by atomic mass is 16.5. The van der Waals surface area contributed by atoms with Crippen LogP contribution < -0.4 is 14.8 Å². The highest BCUT2D eigenvalue weighted by molar-refractivity contribution is 5.77. The van der Waals surface area contributed by atoms with Gasteiger partial charge in [0, 0.05) is 6.54 Å². The van der Waals surface area contributed by atoms with Crippen LogP contribution in [0.25, 0.3) is 0 Å². The van der Waals surface area contributed by atoms with E-state index in [-0.39, 0.29) is 12.5 Å². The number of carbonyl (C=O) groups is 1. The Bertz CT molecular complexity index is 757. The van der Waals surface area contributed by atoms with Crippen LogP contribution in [0.1, 0.15) is 42.9 Å². The first-order valence-electron chi connectivity index (χ1n) is 9.99. The van der Waals surface area contributed by atoms with Crippen LogP contribution in [0, 0.1) is 0 Å². The van der Waals surface area contributed by atoms with Crippen molar-refractivity contribution < 1.29 is 14.3 Å². The number of hydrogen-bond acceptors (Lipinski definition) is 3. The van der Waals surface area contributed by atoms with Gasteiger partial charge in [0.15, 0.2) is 6.61 Å². The van der Waals surface area contributed by atoms with Crippen LogP contribution in [0.2, 0.25) is 0 Å². The van der Waals surface area contributed by atoms with E-state index in [4.69, 9.17) is 9.47 Å². The Hall–Kier alpha value is -2.49. The van der Waals surface area contributed by atoms with Crippen molar-refractivity contribution in [3.8, 4) is 11.5 Å². The summed E-state index contributed by atoms with van der Waals surface area (Å²) in [5.74, 6) is 1.73. The van der Waals surface area contributed by atoms with E-state index in [0.717, 1.165) is 37.2 Å². The van der Waals surface area contributed by atoms with E-state index in [1.165, 1.54) is 29.5 Å². The molecule has 0 aromatic heterocycles. The first kappa shape index (κ1) is 19.3. The molecule has 1 amide bonds. The number of amides is 1. The van der Waals surface area contributed by atoms with Crippen LogP contribution in [-0.4, -0.2) is 25.7 Å². The van der Waals surface area contributed by atoms with Gasteiger partial charge >= 0.3 is 0 Å². The molecule has 4 heteroatoms. The maximum atomic E-state index is 12.1. The highest BCUT2D eigenvalue weighted by Crippen LogP contribution is 2.29. The average molecular weight is 367 g/mol. The fourth-order valence-corrected chi connectivity index (χ4v) is 3.59. The molecule has 27 heavy (non-hydrogen) atoms. The molecule has 0 fully saturated rings. The molecule has 0 heterocycles. The predicted molar refractivity (Wildman–Crippen MR) is 108 cm³/mol. The van der Waals surface area contributed by atoms with Crippen LogP contribution in [0.3, 0.4) is 0 Å². The number of carbonyl (C=O) groups excluding carboxylic acids is 1. The van der Waals surface area contributed by atoms with E-state index >= 15 is 0 Å². The quantitative estimate of drug-likeness (QED) is 0.679. The molecule has 144 valence electrons. The van der Waals surface area contributed by atoms with Gasteiger partial charge in [0.1, 0.15) is 11.5 Å². The summed E-state index contributed by atoms with van der Waals surface area (Å²) in [6.07, 6.45) is 6.35. The summed E-state index contributed by atoms with van der Waals surface area (Å²) in [6.45, 7) is 3.36. The molecule has 4 nitrogen and oxygen atoms in total. The number of rotatable bonds is 9. The van der Waals surface area contributed by atoms with Crippen LogP contribution in [0.5, 0.6) is 11.5 Å². The minimum absolute atomic E-state index is 0.0681. The first-order chi connectivity index (χ1) is 13.3. The zero-order chi connectivity index (χ0) is 18.9. The molecule has 0 atom stereocenters. The van der Waals surface area contributed by atoms with Gasteiger partial charge in [0.25, 0.3) is 5.91 Å². The van der Waals surface area contributed by atoms with Crippen LogP contribution in [-0.2, 0) is 24.1 Å². The van der Waals surface area contributed by atoms with Crippen molar-refractivity contribution >= 4 is 5.91 Å². The van der Waals surface area contributed by atoms with E-state index in [1.54, 1.807) is 0 Å². The van der Waals surface area contributed by atoms with E-state index in [0.29, 0.717) is 13.2 Å². The average Bonchev–Trinajstić information content (AvgIpc) is 2.71. The summed E-state index contributed by atoms with van der Waals surface area (Å²) >= 11 is 0. The lowest BCUT2D eigenvalue weighted by Crippen LogP contribution is -2.30. The molecule has 0 bridgehead atoms. The second-order valence-electron chi connectivity index (χ2n) is 6.88. The molecule has 3 rings (SSSR count). The molecule has 1 aliphatic rings. The Morgan fingerprint density at radius 1 is 1.00 bits per heavy atom. The lowest BCUT2D eigenvalue weighted by atomic mass is 9.91. The van der Waals surface area contributed by atoms with E-state index in [1.807, 2.05) is 37.3 Å². The fraction of sp³-hybridized carbons (Fsp3) is 0.435. The second-order valence-corrected chi connectivity index (χ2v) is 6.88. The van der Waals surface area contributed by atoms with Crippen molar-refractivity contribution in [1.29, 1.82) is 0 Å². The van der Waals surface area contributed by atoms with Crippen molar-refractivity contribution in [3.05, 3.63) is 59.2 Å². The monoisotopic (exact) mass is 367 g/mol. The molecule has 0 saturated carbocycles. The second kappa shape index (κ2) is 10.0. The topological polar surface area (TPSA) is 47.6 Å². The molecule has 0 radical (unpaired) electrons. The molecule has 0 saturated heterocycles. The van der Waals surface area contributed by atoms with Gasteiger partial charge in [-0.15, -0.1) is 0 Å². The Labute approximate surface area is 161 Å². The van der Waals surface area contributed by atoms with Crippen molar-refractivity contribution in [2.45, 2.75) is 45.4 Å². The molecule has 2 aromatic rings. The largest absolute Gasteiger partial charge is 0.494 e. The minimum Gasteiger partial charge on any atom is -0.494 e. The van der Waals surface area contributed by atoms with Crippen molar-refractivity contribution in [2.24, 2.45) is 0 Å². The van der Waals surface area contributed by atoms with Gasteiger partial charge in [-0.25, -0.2) is 0 Å². The van der Waals surface area contributed by atoms with Crippen molar-refractivity contribution in [2.75, 3.05) is 19.8 Å². The smallest absolute Gasteiger partial charge is 0.257 e. The third-order valence-corrected chi connectivity index (χ3v) is 4.93. The van der Waals surface area contributed by atoms with Crippen LogP contribution in [0.15, 0.2) is 42.5 Å². The predicted octanol–water partition coefficient (Wildman–Crippen LogP) is 4.09. The summed E-state index contributed by atoms with van der Waals surface area (Å²) in [5, 5.41) is 2.95. The maximum Gasteiger partial charge on any atom is 0.257 e. The number of ether oxygens (including phenoxy) is 2. The van der Waals surface area contributed by atoms with Gasteiger partial charge in [-0.3, -0.25) is 4.79 Å². The number of nitrogens with one attached hydrogen (secondary N) is 1. The molecular weight excluding hydrogens is 338 g/mol. The van der Waals surface area contributed by atoms with Gasteiger partial charge < -0.3 is 14.8 Å². The normalized spacial score (nSPS) is 12.9. The molecule has 0 spiro atoms. The summed E-state index contributed by atoms with van der Waals surface area (Å²) in [7, 11) is 0.